The number of hydrogen-bond donors (Lipinski definition) is 2. The molecular formula is C23H26N4O2S. The second-order valence-electron chi connectivity index (χ2n) is 6.78. The summed E-state index contributed by atoms with van der Waals surface area (Å²) in [5, 5.41) is 9.98. The lowest BCUT2D eigenvalue weighted by atomic mass is 10.1. The van der Waals surface area contributed by atoms with Crippen molar-refractivity contribution in [3.63, 3.8) is 0 Å². The molecular weight excluding hydrogens is 396 g/mol. The summed E-state index contributed by atoms with van der Waals surface area (Å²) in [6.07, 6.45) is 0. The van der Waals surface area contributed by atoms with Crippen molar-refractivity contribution in [2.75, 3.05) is 24.5 Å². The lowest BCUT2D eigenvalue weighted by Gasteiger charge is -2.21. The molecule has 0 bridgehead atoms. The number of thiophene rings is 1. The van der Waals surface area contributed by atoms with Crippen LogP contribution in [0, 0.1) is 0 Å². The minimum Gasteiger partial charge on any atom is -0.372 e. The molecule has 0 atom stereocenters. The van der Waals surface area contributed by atoms with Crippen LogP contribution in [0.3, 0.4) is 0 Å². The number of amides is 2. The minimum atomic E-state index is -0.373. The molecule has 0 fully saturated rings. The summed E-state index contributed by atoms with van der Waals surface area (Å²) in [7, 11) is 0. The van der Waals surface area contributed by atoms with Crippen molar-refractivity contribution in [3.8, 4) is 0 Å². The highest BCUT2D eigenvalue weighted by atomic mass is 32.1. The normalized spacial score (nSPS) is 11.4. The summed E-state index contributed by atoms with van der Waals surface area (Å²) < 4.78 is 1.17. The molecule has 6 nitrogen and oxygen atoms in total. The highest BCUT2D eigenvalue weighted by Crippen LogP contribution is 2.26. The van der Waals surface area contributed by atoms with Crippen molar-refractivity contribution in [3.05, 3.63) is 65.0 Å². The highest BCUT2D eigenvalue weighted by molar-refractivity contribution is 7.17. The van der Waals surface area contributed by atoms with Gasteiger partial charge in [-0.2, -0.15) is 5.10 Å². The van der Waals surface area contributed by atoms with E-state index in [0.717, 1.165) is 35.4 Å². The third kappa shape index (κ3) is 5.04. The van der Waals surface area contributed by atoms with Crippen LogP contribution in [0.5, 0.6) is 0 Å². The van der Waals surface area contributed by atoms with Gasteiger partial charge >= 0.3 is 0 Å². The molecule has 0 radical (unpaired) electrons. The topological polar surface area (TPSA) is 73.8 Å². The average Bonchev–Trinajstić information content (AvgIpc) is 3.21. The number of anilines is 1. The highest BCUT2D eigenvalue weighted by Gasteiger charge is 2.11. The Morgan fingerprint density at radius 3 is 2.60 bits per heavy atom. The molecule has 2 aromatic carbocycles. The van der Waals surface area contributed by atoms with Gasteiger partial charge in [0.15, 0.2) is 0 Å². The van der Waals surface area contributed by atoms with Crippen LogP contribution in [0.2, 0.25) is 0 Å². The van der Waals surface area contributed by atoms with E-state index < -0.39 is 0 Å². The first kappa shape index (κ1) is 21.5. The zero-order valence-corrected chi connectivity index (χ0v) is 18.3. The minimum absolute atomic E-state index is 0.143. The number of benzene rings is 2. The van der Waals surface area contributed by atoms with E-state index in [1.165, 1.54) is 4.70 Å². The van der Waals surface area contributed by atoms with Gasteiger partial charge in [0.25, 0.3) is 11.8 Å². The first-order chi connectivity index (χ1) is 14.5. The summed E-state index contributed by atoms with van der Waals surface area (Å²) in [5.74, 6) is -0.661. The Hall–Kier alpha value is -3.19. The summed E-state index contributed by atoms with van der Waals surface area (Å²) in [6, 6.07) is 15.5. The van der Waals surface area contributed by atoms with Crippen molar-refractivity contribution >= 4 is 44.6 Å². The van der Waals surface area contributed by atoms with Crippen LogP contribution in [-0.4, -0.2) is 37.2 Å². The van der Waals surface area contributed by atoms with Crippen LogP contribution in [0.1, 0.15) is 36.7 Å². The Morgan fingerprint density at radius 1 is 1.07 bits per heavy atom. The van der Waals surface area contributed by atoms with E-state index in [-0.39, 0.29) is 18.4 Å². The molecule has 7 heteroatoms. The molecule has 3 aromatic rings. The molecule has 3 rings (SSSR count). The molecule has 0 aliphatic heterocycles. The van der Waals surface area contributed by atoms with Crippen molar-refractivity contribution in [1.29, 1.82) is 0 Å². The number of carbonyl (C=O) groups excluding carboxylic acids is 2. The third-order valence-electron chi connectivity index (χ3n) is 4.87. The monoisotopic (exact) mass is 422 g/mol. The fourth-order valence-electron chi connectivity index (χ4n) is 3.20. The zero-order chi connectivity index (χ0) is 21.5. The van der Waals surface area contributed by atoms with Crippen molar-refractivity contribution in [1.82, 2.24) is 10.7 Å². The molecule has 2 amide bonds. The van der Waals surface area contributed by atoms with Crippen LogP contribution in [-0.2, 0) is 4.79 Å². The Morgan fingerprint density at radius 2 is 1.83 bits per heavy atom. The van der Waals surface area contributed by atoms with E-state index in [9.17, 15) is 9.59 Å². The summed E-state index contributed by atoms with van der Waals surface area (Å²) in [4.78, 5) is 26.7. The standard InChI is InChI=1S/C23H26N4O2S/c1-4-27(5-2)18-10-8-9-17(13-18)23(29)24-14-22(28)26-25-16(3)20-15-30-21-12-7-6-11-19(20)21/h6-13,15H,4-5,14H2,1-3H3,(H,24,29)(H,26,28)/b25-16+. The predicted molar refractivity (Wildman–Crippen MR) is 125 cm³/mol. The smallest absolute Gasteiger partial charge is 0.259 e. The van der Waals surface area contributed by atoms with Crippen LogP contribution in [0.15, 0.2) is 59.0 Å². The summed E-state index contributed by atoms with van der Waals surface area (Å²) >= 11 is 1.64. The first-order valence-corrected chi connectivity index (χ1v) is 10.8. The fraction of sp³-hybridized carbons (Fsp3) is 0.261. The Balaban J connectivity index is 1.57. The number of nitrogens with zero attached hydrogens (tertiary/aromatic N) is 2. The molecule has 1 heterocycles. The molecule has 156 valence electrons. The van der Waals surface area contributed by atoms with Crippen molar-refractivity contribution in [2.24, 2.45) is 5.10 Å². The summed E-state index contributed by atoms with van der Waals surface area (Å²) in [6.45, 7) is 7.58. The Bertz CT molecular complexity index is 1070. The molecule has 1 aromatic heterocycles. The van der Waals surface area contributed by atoms with E-state index in [0.29, 0.717) is 5.56 Å². The summed E-state index contributed by atoms with van der Waals surface area (Å²) in [5.41, 5.74) is 5.75. The lowest BCUT2D eigenvalue weighted by molar-refractivity contribution is -0.120. The second-order valence-corrected chi connectivity index (χ2v) is 7.69. The van der Waals surface area contributed by atoms with Gasteiger partial charge in [0.1, 0.15) is 0 Å². The molecule has 0 spiro atoms. The van der Waals surface area contributed by atoms with E-state index >= 15 is 0 Å². The van der Waals surface area contributed by atoms with Gasteiger partial charge in [-0.15, -0.1) is 11.3 Å². The lowest BCUT2D eigenvalue weighted by Crippen LogP contribution is -2.35. The van der Waals surface area contributed by atoms with Gasteiger partial charge < -0.3 is 10.2 Å². The number of fused-ring (bicyclic) bond motifs is 1. The maximum Gasteiger partial charge on any atom is 0.259 e. The number of nitrogens with one attached hydrogen (secondary N) is 2. The SMILES string of the molecule is CCN(CC)c1cccc(C(=O)NCC(=O)N/N=C(\C)c2csc3ccccc23)c1. The number of hydrazone groups is 1. The van der Waals surface area contributed by atoms with E-state index in [1.807, 2.05) is 48.7 Å². The third-order valence-corrected chi connectivity index (χ3v) is 5.83. The second kappa shape index (κ2) is 10.0. The van der Waals surface area contributed by atoms with Crippen molar-refractivity contribution in [2.45, 2.75) is 20.8 Å². The fourth-order valence-corrected chi connectivity index (χ4v) is 4.20. The maximum atomic E-state index is 12.4. The van der Waals surface area contributed by atoms with E-state index in [1.54, 1.807) is 17.4 Å². The van der Waals surface area contributed by atoms with Gasteiger partial charge in [-0.25, -0.2) is 5.43 Å². The van der Waals surface area contributed by atoms with Gasteiger partial charge in [0, 0.05) is 45.4 Å². The molecule has 0 saturated carbocycles. The van der Waals surface area contributed by atoms with Gasteiger partial charge in [-0.05, 0) is 45.0 Å². The van der Waals surface area contributed by atoms with Gasteiger partial charge in [-0.1, -0.05) is 24.3 Å². The van der Waals surface area contributed by atoms with Gasteiger partial charge in [0.2, 0.25) is 0 Å². The van der Waals surface area contributed by atoms with E-state index in [4.69, 9.17) is 0 Å². The maximum absolute atomic E-state index is 12.4. The predicted octanol–water partition coefficient (Wildman–Crippen LogP) is 4.02. The van der Waals surface area contributed by atoms with Crippen LogP contribution >= 0.6 is 11.3 Å². The van der Waals surface area contributed by atoms with Gasteiger partial charge in [0.05, 0.1) is 12.3 Å². The van der Waals surface area contributed by atoms with Gasteiger partial charge in [-0.3, -0.25) is 9.59 Å². The molecule has 0 saturated heterocycles. The molecule has 2 N–H and O–H groups in total. The zero-order valence-electron chi connectivity index (χ0n) is 17.4. The largest absolute Gasteiger partial charge is 0.372 e. The van der Waals surface area contributed by atoms with Crippen molar-refractivity contribution < 1.29 is 9.59 Å². The molecule has 0 aliphatic carbocycles. The van der Waals surface area contributed by atoms with Crippen LogP contribution in [0.25, 0.3) is 10.1 Å². The molecule has 30 heavy (non-hydrogen) atoms. The Labute approximate surface area is 180 Å². The molecule has 0 aliphatic rings. The van der Waals surface area contributed by atoms with Crippen LogP contribution < -0.4 is 15.6 Å². The first-order valence-electron chi connectivity index (χ1n) is 9.96. The number of rotatable bonds is 8. The average molecular weight is 423 g/mol. The number of hydrogen-bond acceptors (Lipinski definition) is 5. The van der Waals surface area contributed by atoms with Crippen LogP contribution in [0.4, 0.5) is 5.69 Å². The number of carbonyl (C=O) groups is 2. The molecule has 0 unspecified atom stereocenters. The van der Waals surface area contributed by atoms with E-state index in [2.05, 4.69) is 40.7 Å². The Kier molecular flexibility index (Phi) is 7.19. The quantitative estimate of drug-likeness (QED) is 0.425.